The molecule has 2 heterocycles. The number of anilines is 1. The predicted molar refractivity (Wildman–Crippen MR) is 98.3 cm³/mol. The van der Waals surface area contributed by atoms with Gasteiger partial charge in [0.25, 0.3) is 0 Å². The molecule has 0 saturated heterocycles. The van der Waals surface area contributed by atoms with Crippen LogP contribution in [0.25, 0.3) is 0 Å². The molecule has 1 aromatic carbocycles. The number of benzene rings is 1. The molecule has 1 aromatic heterocycles. The van der Waals surface area contributed by atoms with E-state index < -0.39 is 0 Å². The summed E-state index contributed by atoms with van der Waals surface area (Å²) in [6.45, 7) is 8.56. The molecule has 3 rings (SSSR count). The highest BCUT2D eigenvalue weighted by Gasteiger charge is 2.28. The van der Waals surface area contributed by atoms with Gasteiger partial charge in [-0.2, -0.15) is 0 Å². The molecule has 118 valence electrons. The summed E-state index contributed by atoms with van der Waals surface area (Å²) in [7, 11) is 0. The van der Waals surface area contributed by atoms with E-state index in [1.54, 1.807) is 22.3 Å². The van der Waals surface area contributed by atoms with Crippen LogP contribution in [0.15, 0.2) is 41.9 Å². The van der Waals surface area contributed by atoms with E-state index >= 15 is 0 Å². The van der Waals surface area contributed by atoms with Gasteiger partial charge in [0.15, 0.2) is 0 Å². The Balaban J connectivity index is 2.21. The van der Waals surface area contributed by atoms with Crippen molar-refractivity contribution in [2.75, 3.05) is 18.0 Å². The minimum Gasteiger partial charge on any atom is -0.298 e. The standard InChI is InChI=1S/C18H17ClN2OS/c1-4-9-21-15(22)10-20-17(13-5-7-14(19)8-6-13)16-11(2)12(3)23-18(16)21/h4-8H,1,9-10H2,2-3H3. The summed E-state index contributed by atoms with van der Waals surface area (Å²) in [6.07, 6.45) is 1.75. The van der Waals surface area contributed by atoms with Crippen molar-refractivity contribution in [1.29, 1.82) is 0 Å². The van der Waals surface area contributed by atoms with Crippen LogP contribution in [-0.2, 0) is 4.79 Å². The first-order valence-electron chi connectivity index (χ1n) is 7.35. The van der Waals surface area contributed by atoms with Gasteiger partial charge >= 0.3 is 0 Å². The van der Waals surface area contributed by atoms with Crippen LogP contribution >= 0.6 is 22.9 Å². The maximum atomic E-state index is 12.5. The van der Waals surface area contributed by atoms with Gasteiger partial charge in [-0.15, -0.1) is 17.9 Å². The highest BCUT2D eigenvalue weighted by Crippen LogP contribution is 2.38. The van der Waals surface area contributed by atoms with E-state index in [0.717, 1.165) is 21.8 Å². The van der Waals surface area contributed by atoms with Crippen LogP contribution < -0.4 is 4.90 Å². The third-order valence-electron chi connectivity index (χ3n) is 3.95. The average molecular weight is 345 g/mol. The number of amides is 1. The maximum Gasteiger partial charge on any atom is 0.249 e. The van der Waals surface area contributed by atoms with E-state index in [-0.39, 0.29) is 12.5 Å². The third kappa shape index (κ3) is 2.84. The van der Waals surface area contributed by atoms with E-state index in [0.29, 0.717) is 11.6 Å². The number of fused-ring (bicyclic) bond motifs is 1. The molecule has 0 fully saturated rings. The Labute approximate surface area is 144 Å². The smallest absolute Gasteiger partial charge is 0.249 e. The molecule has 0 atom stereocenters. The Morgan fingerprint density at radius 3 is 2.70 bits per heavy atom. The summed E-state index contributed by atoms with van der Waals surface area (Å²) in [5.74, 6) is -0.00337. The fourth-order valence-electron chi connectivity index (χ4n) is 2.66. The van der Waals surface area contributed by atoms with Crippen LogP contribution in [0.2, 0.25) is 5.02 Å². The normalized spacial score (nSPS) is 14.3. The van der Waals surface area contributed by atoms with Gasteiger partial charge < -0.3 is 0 Å². The summed E-state index contributed by atoms with van der Waals surface area (Å²) in [5, 5.41) is 1.64. The molecule has 5 heteroatoms. The number of hydrogen-bond donors (Lipinski definition) is 0. The second-order valence-corrected chi connectivity index (χ2v) is 7.07. The summed E-state index contributed by atoms with van der Waals surface area (Å²) < 4.78 is 0. The van der Waals surface area contributed by atoms with Crippen LogP contribution in [-0.4, -0.2) is 24.7 Å². The van der Waals surface area contributed by atoms with Crippen molar-refractivity contribution in [2.24, 2.45) is 4.99 Å². The topological polar surface area (TPSA) is 32.7 Å². The Morgan fingerprint density at radius 1 is 1.35 bits per heavy atom. The minimum absolute atomic E-state index is 0.00337. The molecule has 3 nitrogen and oxygen atoms in total. The van der Waals surface area contributed by atoms with Gasteiger partial charge in [0, 0.05) is 27.6 Å². The molecule has 0 saturated carbocycles. The fraction of sp³-hybridized carbons (Fsp3) is 0.222. The zero-order chi connectivity index (χ0) is 16.6. The largest absolute Gasteiger partial charge is 0.298 e. The number of halogens is 1. The number of carbonyl (C=O) groups is 1. The number of hydrogen-bond acceptors (Lipinski definition) is 3. The van der Waals surface area contributed by atoms with Gasteiger partial charge in [0.05, 0.1) is 5.71 Å². The molecule has 0 N–H and O–H groups in total. The van der Waals surface area contributed by atoms with E-state index in [1.165, 1.54) is 10.4 Å². The SMILES string of the molecule is C=CCN1C(=O)CN=C(c2ccc(Cl)cc2)c2c1sc(C)c2C. The van der Waals surface area contributed by atoms with Crippen LogP contribution in [0.4, 0.5) is 5.00 Å². The van der Waals surface area contributed by atoms with Gasteiger partial charge in [-0.3, -0.25) is 14.7 Å². The molecule has 0 spiro atoms. The van der Waals surface area contributed by atoms with Crippen LogP contribution in [0.3, 0.4) is 0 Å². The van der Waals surface area contributed by atoms with Crippen molar-refractivity contribution < 1.29 is 4.79 Å². The number of aryl methyl sites for hydroxylation is 1. The fourth-order valence-corrected chi connectivity index (χ4v) is 3.97. The lowest BCUT2D eigenvalue weighted by Gasteiger charge is -2.18. The van der Waals surface area contributed by atoms with Crippen molar-refractivity contribution >= 4 is 39.6 Å². The molecule has 0 bridgehead atoms. The molecule has 23 heavy (non-hydrogen) atoms. The molecular weight excluding hydrogens is 328 g/mol. The van der Waals surface area contributed by atoms with Gasteiger partial charge in [-0.1, -0.05) is 29.8 Å². The van der Waals surface area contributed by atoms with Crippen molar-refractivity contribution in [2.45, 2.75) is 13.8 Å². The van der Waals surface area contributed by atoms with Crippen molar-refractivity contribution in [3.8, 4) is 0 Å². The lowest BCUT2D eigenvalue weighted by Crippen LogP contribution is -2.31. The second-order valence-electron chi connectivity index (χ2n) is 5.43. The Bertz CT molecular complexity index is 805. The Hall–Kier alpha value is -1.91. The minimum atomic E-state index is -0.00337. The first-order chi connectivity index (χ1) is 11.0. The predicted octanol–water partition coefficient (Wildman–Crippen LogP) is 4.39. The van der Waals surface area contributed by atoms with Gasteiger partial charge in [0.1, 0.15) is 11.5 Å². The average Bonchev–Trinajstić information content (AvgIpc) is 2.74. The number of rotatable bonds is 3. The van der Waals surface area contributed by atoms with E-state index in [1.807, 2.05) is 24.3 Å². The summed E-state index contributed by atoms with van der Waals surface area (Å²) in [6, 6.07) is 7.60. The molecule has 1 amide bonds. The van der Waals surface area contributed by atoms with Gasteiger partial charge in [0.2, 0.25) is 5.91 Å². The molecule has 0 unspecified atom stereocenters. The van der Waals surface area contributed by atoms with E-state index in [2.05, 4.69) is 25.4 Å². The number of carbonyl (C=O) groups excluding carboxylic acids is 1. The van der Waals surface area contributed by atoms with E-state index in [4.69, 9.17) is 11.6 Å². The number of thiophene rings is 1. The highest BCUT2D eigenvalue weighted by atomic mass is 35.5. The van der Waals surface area contributed by atoms with Crippen molar-refractivity contribution in [3.63, 3.8) is 0 Å². The third-order valence-corrected chi connectivity index (χ3v) is 5.43. The van der Waals surface area contributed by atoms with Crippen LogP contribution in [0.5, 0.6) is 0 Å². The lowest BCUT2D eigenvalue weighted by molar-refractivity contribution is -0.117. The zero-order valence-corrected chi connectivity index (χ0v) is 14.7. The number of nitrogens with zero attached hydrogens (tertiary/aromatic N) is 2. The zero-order valence-electron chi connectivity index (χ0n) is 13.1. The summed E-state index contributed by atoms with van der Waals surface area (Å²) in [4.78, 5) is 20.1. The summed E-state index contributed by atoms with van der Waals surface area (Å²) in [5.41, 5.74) is 4.05. The van der Waals surface area contributed by atoms with Crippen LogP contribution in [0, 0.1) is 13.8 Å². The second kappa shape index (κ2) is 6.30. The maximum absolute atomic E-state index is 12.5. The first-order valence-corrected chi connectivity index (χ1v) is 8.54. The van der Waals surface area contributed by atoms with Crippen molar-refractivity contribution in [3.05, 3.63) is 63.5 Å². The van der Waals surface area contributed by atoms with Gasteiger partial charge in [-0.25, -0.2) is 0 Å². The highest BCUT2D eigenvalue weighted by molar-refractivity contribution is 7.17. The molecular formula is C18H17ClN2OS. The lowest BCUT2D eigenvalue weighted by atomic mass is 10.00. The summed E-state index contributed by atoms with van der Waals surface area (Å²) >= 11 is 7.63. The quantitative estimate of drug-likeness (QED) is 0.760. The van der Waals surface area contributed by atoms with Gasteiger partial charge in [-0.05, 0) is 31.5 Å². The van der Waals surface area contributed by atoms with Crippen LogP contribution in [0.1, 0.15) is 21.6 Å². The monoisotopic (exact) mass is 344 g/mol. The Kier molecular flexibility index (Phi) is 4.37. The molecule has 0 radical (unpaired) electrons. The molecule has 2 aromatic rings. The molecule has 1 aliphatic heterocycles. The number of aliphatic imine (C=N–C) groups is 1. The first kappa shape index (κ1) is 16.0. The van der Waals surface area contributed by atoms with Crippen molar-refractivity contribution in [1.82, 2.24) is 0 Å². The Morgan fingerprint density at radius 2 is 2.04 bits per heavy atom. The van der Waals surface area contributed by atoms with E-state index in [9.17, 15) is 4.79 Å². The molecule has 1 aliphatic rings. The molecule has 0 aliphatic carbocycles.